The summed E-state index contributed by atoms with van der Waals surface area (Å²) >= 11 is 3.95. The van der Waals surface area contributed by atoms with Crippen LogP contribution in [-0.2, 0) is 19.2 Å². The number of nitrogens with one attached hydrogen (secondary N) is 3. The van der Waals surface area contributed by atoms with E-state index >= 15 is 0 Å². The Labute approximate surface area is 192 Å². The normalized spacial score (nSPS) is 22.1. The van der Waals surface area contributed by atoms with Crippen molar-refractivity contribution in [3.63, 3.8) is 0 Å². The van der Waals surface area contributed by atoms with Crippen molar-refractivity contribution in [1.82, 2.24) is 20.9 Å². The van der Waals surface area contributed by atoms with E-state index in [-0.39, 0.29) is 29.6 Å². The van der Waals surface area contributed by atoms with E-state index in [9.17, 15) is 19.2 Å². The van der Waals surface area contributed by atoms with Gasteiger partial charge in [0.2, 0.25) is 17.7 Å². The van der Waals surface area contributed by atoms with Gasteiger partial charge in [0.1, 0.15) is 18.1 Å². The molecule has 0 radical (unpaired) electrons. The number of guanidine groups is 1. The van der Waals surface area contributed by atoms with Crippen molar-refractivity contribution in [1.29, 1.82) is 0 Å². The highest BCUT2D eigenvalue weighted by Crippen LogP contribution is 2.20. The largest absolute Gasteiger partial charge is 0.480 e. The molecule has 180 valence electrons. The zero-order valence-corrected chi connectivity index (χ0v) is 18.9. The molecule has 0 aliphatic carbocycles. The van der Waals surface area contributed by atoms with E-state index in [1.165, 1.54) is 4.90 Å². The van der Waals surface area contributed by atoms with Crippen LogP contribution in [0.5, 0.6) is 0 Å². The number of thiol groups is 1. The maximum absolute atomic E-state index is 13.3. The molecule has 4 atom stereocenters. The quantitative estimate of drug-likeness (QED) is 0.0761. The van der Waals surface area contributed by atoms with Gasteiger partial charge in [-0.15, -0.1) is 0 Å². The molecule has 0 bridgehead atoms. The van der Waals surface area contributed by atoms with Gasteiger partial charge in [0, 0.05) is 18.8 Å². The number of aliphatic carboxylic acids is 1. The van der Waals surface area contributed by atoms with Crippen LogP contribution in [0.2, 0.25) is 0 Å². The van der Waals surface area contributed by atoms with Gasteiger partial charge < -0.3 is 37.4 Å². The first-order valence-corrected chi connectivity index (χ1v) is 11.4. The molecule has 0 aromatic rings. The first kappa shape index (κ1) is 25.7. The molecule has 0 spiro atoms. The van der Waals surface area contributed by atoms with Gasteiger partial charge in [-0.05, 0) is 45.1 Å². The summed E-state index contributed by atoms with van der Waals surface area (Å²) in [6, 6.07) is -3.14. The zero-order valence-electron chi connectivity index (χ0n) is 18.0. The molecule has 0 aromatic heterocycles. The standard InChI is InChI=1S/C19H33N7O5S/c20-19(21)23-8-2-5-12(24-15(27)11-4-1-7-22-11)17(29)26-9-3-6-14(26)16(28)25-13(10-32)18(30)31/h11-14,22,32H,1-10H2,(H,24,27)(H,25,28)(H,30,31)(H4,20,21,23). The van der Waals surface area contributed by atoms with Gasteiger partial charge in [0.05, 0.1) is 6.04 Å². The molecule has 13 heteroatoms. The molecule has 2 fully saturated rings. The van der Waals surface area contributed by atoms with Crippen molar-refractivity contribution in [3.8, 4) is 0 Å². The highest BCUT2D eigenvalue weighted by Gasteiger charge is 2.39. The van der Waals surface area contributed by atoms with Crippen LogP contribution < -0.4 is 27.4 Å². The van der Waals surface area contributed by atoms with Crippen molar-refractivity contribution < 1.29 is 24.3 Å². The third-order valence-electron chi connectivity index (χ3n) is 5.57. The summed E-state index contributed by atoms with van der Waals surface area (Å²) in [5.41, 5.74) is 10.7. The third kappa shape index (κ3) is 7.26. The van der Waals surface area contributed by atoms with E-state index in [2.05, 4.69) is 33.6 Å². The number of likely N-dealkylation sites (tertiary alicyclic amines) is 1. The number of carbonyl (C=O) groups excluding carboxylic acids is 3. The fraction of sp³-hybridized carbons (Fsp3) is 0.737. The van der Waals surface area contributed by atoms with Gasteiger partial charge in [-0.1, -0.05) is 0 Å². The number of rotatable bonds is 11. The molecular weight excluding hydrogens is 438 g/mol. The van der Waals surface area contributed by atoms with Crippen molar-refractivity contribution in [2.75, 3.05) is 25.4 Å². The average Bonchev–Trinajstić information content (AvgIpc) is 3.45. The van der Waals surface area contributed by atoms with Crippen LogP contribution in [0, 0.1) is 0 Å². The van der Waals surface area contributed by atoms with Gasteiger partial charge in [0.15, 0.2) is 5.96 Å². The van der Waals surface area contributed by atoms with Gasteiger partial charge in [-0.2, -0.15) is 12.6 Å². The zero-order chi connectivity index (χ0) is 23.7. The monoisotopic (exact) mass is 471 g/mol. The lowest BCUT2D eigenvalue weighted by Crippen LogP contribution is -2.56. The second-order valence-corrected chi connectivity index (χ2v) is 8.30. The molecule has 0 saturated carbocycles. The minimum absolute atomic E-state index is 0.0551. The number of carbonyl (C=O) groups is 4. The Hall–Kier alpha value is -2.54. The number of nitrogens with zero attached hydrogens (tertiary/aromatic N) is 2. The van der Waals surface area contributed by atoms with Crippen molar-refractivity contribution in [2.24, 2.45) is 16.5 Å². The van der Waals surface area contributed by atoms with Crippen LogP contribution in [-0.4, -0.2) is 89.2 Å². The highest BCUT2D eigenvalue weighted by molar-refractivity contribution is 7.80. The minimum Gasteiger partial charge on any atom is -0.480 e. The molecule has 3 amide bonds. The van der Waals surface area contributed by atoms with E-state index in [0.29, 0.717) is 45.2 Å². The third-order valence-corrected chi connectivity index (χ3v) is 5.94. The van der Waals surface area contributed by atoms with Crippen LogP contribution in [0.1, 0.15) is 38.5 Å². The van der Waals surface area contributed by atoms with Crippen LogP contribution in [0.4, 0.5) is 0 Å². The molecule has 32 heavy (non-hydrogen) atoms. The number of hydrogen-bond donors (Lipinski definition) is 7. The fourth-order valence-corrected chi connectivity index (χ4v) is 4.15. The fourth-order valence-electron chi connectivity index (χ4n) is 3.90. The Morgan fingerprint density at radius 1 is 1.12 bits per heavy atom. The molecule has 12 nitrogen and oxygen atoms in total. The van der Waals surface area contributed by atoms with E-state index < -0.39 is 30.0 Å². The molecule has 2 aliphatic heterocycles. The lowest BCUT2D eigenvalue weighted by molar-refractivity contribution is -0.144. The van der Waals surface area contributed by atoms with Crippen LogP contribution in [0.25, 0.3) is 0 Å². The Morgan fingerprint density at radius 2 is 1.84 bits per heavy atom. The molecular formula is C19H33N7O5S. The van der Waals surface area contributed by atoms with Crippen molar-refractivity contribution in [3.05, 3.63) is 0 Å². The number of carboxylic acid groups (broad SMARTS) is 1. The summed E-state index contributed by atoms with van der Waals surface area (Å²) in [5, 5.41) is 17.5. The number of carboxylic acids is 1. The summed E-state index contributed by atoms with van der Waals surface area (Å²) in [6.07, 6.45) is 3.34. The predicted molar refractivity (Wildman–Crippen MR) is 121 cm³/mol. The first-order chi connectivity index (χ1) is 15.2. The molecule has 8 N–H and O–H groups in total. The molecule has 2 aliphatic rings. The summed E-state index contributed by atoms with van der Waals surface area (Å²) < 4.78 is 0. The van der Waals surface area contributed by atoms with Gasteiger partial charge in [-0.3, -0.25) is 19.4 Å². The van der Waals surface area contributed by atoms with Crippen molar-refractivity contribution >= 4 is 42.3 Å². The van der Waals surface area contributed by atoms with E-state index in [4.69, 9.17) is 16.6 Å². The maximum Gasteiger partial charge on any atom is 0.327 e. The molecule has 2 heterocycles. The Balaban J connectivity index is 2.08. The maximum atomic E-state index is 13.3. The van der Waals surface area contributed by atoms with Gasteiger partial charge in [0.25, 0.3) is 0 Å². The summed E-state index contributed by atoms with van der Waals surface area (Å²) in [7, 11) is 0. The Morgan fingerprint density at radius 3 is 2.44 bits per heavy atom. The van der Waals surface area contributed by atoms with Crippen LogP contribution in [0.3, 0.4) is 0 Å². The average molecular weight is 472 g/mol. The number of aliphatic imine (C=N–C) groups is 1. The van der Waals surface area contributed by atoms with E-state index in [1.807, 2.05) is 0 Å². The second-order valence-electron chi connectivity index (χ2n) is 7.93. The summed E-state index contributed by atoms with van der Waals surface area (Å²) in [5.74, 6) is -2.50. The molecule has 2 saturated heterocycles. The lowest BCUT2D eigenvalue weighted by atomic mass is 10.1. The first-order valence-electron chi connectivity index (χ1n) is 10.8. The van der Waals surface area contributed by atoms with Gasteiger partial charge in [-0.25, -0.2) is 4.79 Å². The van der Waals surface area contributed by atoms with E-state index in [1.54, 1.807) is 0 Å². The lowest BCUT2D eigenvalue weighted by Gasteiger charge is -2.30. The summed E-state index contributed by atoms with van der Waals surface area (Å²) in [4.78, 5) is 55.2. The Kier molecular flexibility index (Phi) is 10.0. The predicted octanol–water partition coefficient (Wildman–Crippen LogP) is -2.23. The van der Waals surface area contributed by atoms with E-state index in [0.717, 1.165) is 13.0 Å². The Bertz CT molecular complexity index is 725. The minimum atomic E-state index is -1.20. The van der Waals surface area contributed by atoms with Gasteiger partial charge >= 0.3 is 5.97 Å². The molecule has 4 unspecified atom stereocenters. The highest BCUT2D eigenvalue weighted by atomic mass is 32.1. The second kappa shape index (κ2) is 12.5. The summed E-state index contributed by atoms with van der Waals surface area (Å²) in [6.45, 7) is 1.39. The smallest absolute Gasteiger partial charge is 0.327 e. The topological polar surface area (TPSA) is 192 Å². The van der Waals surface area contributed by atoms with Crippen LogP contribution >= 0.6 is 12.6 Å². The number of nitrogens with two attached hydrogens (primary N) is 2. The van der Waals surface area contributed by atoms with Crippen molar-refractivity contribution in [2.45, 2.75) is 62.7 Å². The molecule has 0 aromatic carbocycles. The molecule has 2 rings (SSSR count). The SMILES string of the molecule is NC(N)=NCCCC(NC(=O)C1CCCN1)C(=O)N1CCCC1C(=O)NC(CS)C(=O)O. The van der Waals surface area contributed by atoms with Crippen LogP contribution in [0.15, 0.2) is 4.99 Å². The number of hydrogen-bond acceptors (Lipinski definition) is 7. The number of amides is 3.